The van der Waals surface area contributed by atoms with Gasteiger partial charge >= 0.3 is 0 Å². The van der Waals surface area contributed by atoms with E-state index in [-0.39, 0.29) is 0 Å². The first-order valence-corrected chi connectivity index (χ1v) is 6.88. The maximum absolute atomic E-state index is 9.06. The molecular formula is C17H21N3. The van der Waals surface area contributed by atoms with E-state index in [2.05, 4.69) is 56.4 Å². The first-order valence-electron chi connectivity index (χ1n) is 6.88. The zero-order chi connectivity index (χ0) is 14.7. The van der Waals surface area contributed by atoms with E-state index in [0.717, 1.165) is 12.2 Å². The second kappa shape index (κ2) is 5.94. The van der Waals surface area contributed by atoms with Gasteiger partial charge in [-0.1, -0.05) is 24.3 Å². The highest BCUT2D eigenvalue weighted by Crippen LogP contribution is 2.19. The third-order valence-electron chi connectivity index (χ3n) is 4.01. The molecule has 1 aromatic heterocycles. The van der Waals surface area contributed by atoms with Gasteiger partial charge in [-0.3, -0.25) is 0 Å². The van der Waals surface area contributed by atoms with Crippen molar-refractivity contribution in [3.8, 4) is 6.07 Å². The number of aromatic nitrogens is 1. The highest BCUT2D eigenvalue weighted by Gasteiger charge is 2.11. The van der Waals surface area contributed by atoms with Crippen LogP contribution in [0.4, 0.5) is 0 Å². The van der Waals surface area contributed by atoms with Gasteiger partial charge in [0.15, 0.2) is 0 Å². The molecule has 0 amide bonds. The third-order valence-corrected chi connectivity index (χ3v) is 4.01. The maximum Gasteiger partial charge on any atom is 0.120 e. The summed E-state index contributed by atoms with van der Waals surface area (Å²) in [7, 11) is 1.93. The Kier molecular flexibility index (Phi) is 4.26. The van der Waals surface area contributed by atoms with Gasteiger partial charge < -0.3 is 9.88 Å². The number of hydrogen-bond donors (Lipinski definition) is 1. The Morgan fingerprint density at radius 1 is 1.30 bits per heavy atom. The smallest absolute Gasteiger partial charge is 0.120 e. The largest absolute Gasteiger partial charge is 0.340 e. The maximum atomic E-state index is 9.06. The molecule has 0 bridgehead atoms. The van der Waals surface area contributed by atoms with Crippen LogP contribution in [0.25, 0.3) is 0 Å². The number of hydrogen-bond acceptors (Lipinski definition) is 2. The highest BCUT2D eigenvalue weighted by atomic mass is 15.0. The second-order valence-corrected chi connectivity index (χ2v) is 5.27. The Hall–Kier alpha value is -2.05. The summed E-state index contributed by atoms with van der Waals surface area (Å²) in [6, 6.07) is 12.9. The summed E-state index contributed by atoms with van der Waals surface area (Å²) in [5.74, 6) is 0. The molecule has 0 aliphatic heterocycles. The molecular weight excluding hydrogens is 246 g/mol. The van der Waals surface area contributed by atoms with Gasteiger partial charge in [0.05, 0.1) is 0 Å². The van der Waals surface area contributed by atoms with E-state index >= 15 is 0 Å². The van der Waals surface area contributed by atoms with Crippen LogP contribution in [-0.2, 0) is 13.6 Å². The van der Waals surface area contributed by atoms with Gasteiger partial charge in [-0.25, -0.2) is 0 Å². The number of nitrogens with one attached hydrogen (secondary N) is 1. The normalized spacial score (nSPS) is 12.2. The van der Waals surface area contributed by atoms with E-state index < -0.39 is 0 Å². The van der Waals surface area contributed by atoms with Crippen LogP contribution >= 0.6 is 0 Å². The van der Waals surface area contributed by atoms with Gasteiger partial charge in [0.25, 0.3) is 0 Å². The standard InChI is InChI=1S/C17H21N3/c1-12-7-5-6-8-17(12)13(2)19-11-15-9-16(10-18)20(4)14(15)3/h5-9,13,19H,11H2,1-4H3. The lowest BCUT2D eigenvalue weighted by Gasteiger charge is -2.16. The fourth-order valence-corrected chi connectivity index (χ4v) is 2.49. The van der Waals surface area contributed by atoms with Crippen molar-refractivity contribution in [1.82, 2.24) is 9.88 Å². The molecule has 3 heteroatoms. The Balaban J connectivity index is 2.10. The molecule has 2 aromatic rings. The predicted molar refractivity (Wildman–Crippen MR) is 81.3 cm³/mol. The van der Waals surface area contributed by atoms with E-state index in [1.54, 1.807) is 0 Å². The van der Waals surface area contributed by atoms with Gasteiger partial charge in [-0.05, 0) is 43.5 Å². The van der Waals surface area contributed by atoms with Crippen molar-refractivity contribution in [3.05, 3.63) is 58.4 Å². The molecule has 2 rings (SSSR count). The lowest BCUT2D eigenvalue weighted by atomic mass is 10.0. The molecule has 1 unspecified atom stereocenters. The van der Waals surface area contributed by atoms with Gasteiger partial charge in [0.2, 0.25) is 0 Å². The summed E-state index contributed by atoms with van der Waals surface area (Å²) in [6.45, 7) is 7.13. The number of nitriles is 1. The third kappa shape index (κ3) is 2.76. The molecule has 0 aliphatic rings. The minimum Gasteiger partial charge on any atom is -0.340 e. The SMILES string of the molecule is Cc1ccccc1C(C)NCc1cc(C#N)n(C)c1C. The average molecular weight is 267 g/mol. The molecule has 3 nitrogen and oxygen atoms in total. The lowest BCUT2D eigenvalue weighted by molar-refractivity contribution is 0.570. The van der Waals surface area contributed by atoms with E-state index in [4.69, 9.17) is 5.26 Å². The fourth-order valence-electron chi connectivity index (χ4n) is 2.49. The van der Waals surface area contributed by atoms with Gasteiger partial charge in [0, 0.05) is 25.3 Å². The van der Waals surface area contributed by atoms with Crippen molar-refractivity contribution in [2.45, 2.75) is 33.4 Å². The monoisotopic (exact) mass is 267 g/mol. The van der Waals surface area contributed by atoms with Gasteiger partial charge in [-0.2, -0.15) is 5.26 Å². The van der Waals surface area contributed by atoms with E-state index in [9.17, 15) is 0 Å². The van der Waals surface area contributed by atoms with Crippen molar-refractivity contribution in [2.24, 2.45) is 7.05 Å². The van der Waals surface area contributed by atoms with Crippen LogP contribution < -0.4 is 5.32 Å². The Morgan fingerprint density at radius 2 is 2.00 bits per heavy atom. The zero-order valence-corrected chi connectivity index (χ0v) is 12.6. The highest BCUT2D eigenvalue weighted by molar-refractivity contribution is 5.34. The average Bonchev–Trinajstić information content (AvgIpc) is 2.72. The molecule has 0 saturated heterocycles. The number of aryl methyl sites for hydroxylation is 1. The summed E-state index contributed by atoms with van der Waals surface area (Å²) in [6.07, 6.45) is 0. The summed E-state index contributed by atoms with van der Waals surface area (Å²) in [5.41, 5.74) is 5.66. The Bertz CT molecular complexity index is 647. The molecule has 1 N–H and O–H groups in total. The first-order chi connectivity index (χ1) is 9.54. The zero-order valence-electron chi connectivity index (χ0n) is 12.6. The molecule has 0 radical (unpaired) electrons. The van der Waals surface area contributed by atoms with Crippen molar-refractivity contribution in [1.29, 1.82) is 5.26 Å². The van der Waals surface area contributed by atoms with Crippen LogP contribution in [0, 0.1) is 25.2 Å². The lowest BCUT2D eigenvalue weighted by Crippen LogP contribution is -2.19. The summed E-state index contributed by atoms with van der Waals surface area (Å²) < 4.78 is 1.94. The molecule has 1 atom stereocenters. The predicted octanol–water partition coefficient (Wildman–Crippen LogP) is 3.36. The minimum atomic E-state index is 0.293. The first kappa shape index (κ1) is 14.4. The minimum absolute atomic E-state index is 0.293. The molecule has 0 aliphatic carbocycles. The van der Waals surface area contributed by atoms with E-state index in [1.165, 1.54) is 16.7 Å². The summed E-state index contributed by atoms with van der Waals surface area (Å²) in [5, 5.41) is 12.6. The van der Waals surface area contributed by atoms with Gasteiger partial charge in [0.1, 0.15) is 11.8 Å². The van der Waals surface area contributed by atoms with Gasteiger partial charge in [-0.15, -0.1) is 0 Å². The van der Waals surface area contributed by atoms with E-state index in [0.29, 0.717) is 11.7 Å². The van der Waals surface area contributed by atoms with Crippen molar-refractivity contribution in [3.63, 3.8) is 0 Å². The topological polar surface area (TPSA) is 40.8 Å². The van der Waals surface area contributed by atoms with E-state index in [1.807, 2.05) is 17.7 Å². The molecule has 0 spiro atoms. The number of nitrogens with zero attached hydrogens (tertiary/aromatic N) is 2. The molecule has 0 fully saturated rings. The summed E-state index contributed by atoms with van der Waals surface area (Å²) >= 11 is 0. The number of rotatable bonds is 4. The molecule has 0 saturated carbocycles. The van der Waals surface area contributed by atoms with Crippen LogP contribution in [0.5, 0.6) is 0 Å². The van der Waals surface area contributed by atoms with Crippen LogP contribution in [0.2, 0.25) is 0 Å². The molecule has 104 valence electrons. The molecule has 20 heavy (non-hydrogen) atoms. The van der Waals surface area contributed by atoms with Crippen LogP contribution in [-0.4, -0.2) is 4.57 Å². The van der Waals surface area contributed by atoms with Crippen LogP contribution in [0.3, 0.4) is 0 Å². The van der Waals surface area contributed by atoms with Crippen molar-refractivity contribution in [2.75, 3.05) is 0 Å². The van der Waals surface area contributed by atoms with Crippen LogP contribution in [0.1, 0.15) is 41.0 Å². The summed E-state index contributed by atoms with van der Waals surface area (Å²) in [4.78, 5) is 0. The molecule has 1 aromatic carbocycles. The Morgan fingerprint density at radius 3 is 2.60 bits per heavy atom. The second-order valence-electron chi connectivity index (χ2n) is 5.27. The van der Waals surface area contributed by atoms with Crippen molar-refractivity contribution >= 4 is 0 Å². The molecule has 1 heterocycles. The van der Waals surface area contributed by atoms with Crippen LogP contribution in [0.15, 0.2) is 30.3 Å². The fraction of sp³-hybridized carbons (Fsp3) is 0.353. The quantitative estimate of drug-likeness (QED) is 0.922. The van der Waals surface area contributed by atoms with Crippen molar-refractivity contribution < 1.29 is 0 Å². The Labute approximate surface area is 120 Å². The number of benzene rings is 1.